The third kappa shape index (κ3) is 4.90. The van der Waals surface area contributed by atoms with Gasteiger partial charge in [-0.2, -0.15) is 0 Å². The second-order valence-corrected chi connectivity index (χ2v) is 11.1. The summed E-state index contributed by atoms with van der Waals surface area (Å²) < 4.78 is 1.26. The summed E-state index contributed by atoms with van der Waals surface area (Å²) in [5, 5.41) is 1.72. The van der Waals surface area contributed by atoms with Gasteiger partial charge in [0.05, 0.1) is 5.69 Å². The number of halogens is 1. The van der Waals surface area contributed by atoms with E-state index >= 15 is 0 Å². The van der Waals surface area contributed by atoms with E-state index in [2.05, 4.69) is 103 Å². The molecule has 0 saturated carbocycles. The number of aromatic nitrogens is 2. The molecule has 4 aromatic carbocycles. The van der Waals surface area contributed by atoms with Crippen LogP contribution in [0.5, 0.6) is 0 Å². The second kappa shape index (κ2) is 11.1. The number of thiophene rings is 1. The Kier molecular flexibility index (Phi) is 7.17. The van der Waals surface area contributed by atoms with Crippen LogP contribution in [0.25, 0.3) is 67.1 Å². The highest BCUT2D eigenvalue weighted by Gasteiger charge is 2.14. The monoisotopic (exact) mass is 554 g/mol. The van der Waals surface area contributed by atoms with E-state index in [-0.39, 0.29) is 0 Å². The molecule has 0 unspecified atom stereocenters. The van der Waals surface area contributed by atoms with E-state index in [1.807, 2.05) is 38.1 Å². The molecule has 0 N–H and O–H groups in total. The summed E-state index contributed by atoms with van der Waals surface area (Å²) in [6, 6.07) is 33.8. The summed E-state index contributed by atoms with van der Waals surface area (Å²) in [4.78, 5) is 10.7. The molecule has 194 valence electrons. The molecule has 0 aliphatic carbocycles. The van der Waals surface area contributed by atoms with Gasteiger partial charge in [0.2, 0.25) is 0 Å². The first-order chi connectivity index (χ1) is 19.6. The minimum absolute atomic E-state index is 0.466. The van der Waals surface area contributed by atoms with Crippen LogP contribution in [0, 0.1) is 6.92 Å². The number of allylic oxidation sites excluding steroid dienone is 1. The van der Waals surface area contributed by atoms with Gasteiger partial charge in [0.15, 0.2) is 5.82 Å². The third-order valence-electron chi connectivity index (χ3n) is 7.10. The zero-order valence-corrected chi connectivity index (χ0v) is 23.9. The Labute approximate surface area is 244 Å². The lowest BCUT2D eigenvalue weighted by molar-refractivity contribution is 1.14. The highest BCUT2D eigenvalue weighted by molar-refractivity contribution is 7.20. The van der Waals surface area contributed by atoms with Crippen molar-refractivity contribution in [3.8, 4) is 44.9 Å². The van der Waals surface area contributed by atoms with Crippen molar-refractivity contribution in [3.63, 3.8) is 0 Å². The fourth-order valence-corrected chi connectivity index (χ4v) is 6.16. The molecule has 0 atom stereocenters. The molecule has 40 heavy (non-hydrogen) atoms. The van der Waals surface area contributed by atoms with Crippen molar-refractivity contribution >= 4 is 45.2 Å². The first-order valence-corrected chi connectivity index (χ1v) is 14.4. The second-order valence-electron chi connectivity index (χ2n) is 9.63. The average Bonchev–Trinajstić information content (AvgIpc) is 3.36. The Bertz CT molecular complexity index is 1870. The zero-order chi connectivity index (χ0) is 27.6. The number of hydrogen-bond acceptors (Lipinski definition) is 3. The van der Waals surface area contributed by atoms with E-state index in [0.29, 0.717) is 11.0 Å². The lowest BCUT2D eigenvalue weighted by Gasteiger charge is -2.11. The van der Waals surface area contributed by atoms with Gasteiger partial charge in [0, 0.05) is 31.7 Å². The highest BCUT2D eigenvalue weighted by Crippen LogP contribution is 2.37. The van der Waals surface area contributed by atoms with E-state index in [1.165, 1.54) is 31.7 Å². The van der Waals surface area contributed by atoms with Crippen LogP contribution in [-0.2, 0) is 0 Å². The molecule has 2 heterocycles. The SMILES string of the molecule is C=Cc1sc2ccc(-c3ccc(-c4nc(-c5ccc(-c6ccccc6)cc5)nc(Cl)c4C)cc3)cc2c1/C=C\C. The largest absolute Gasteiger partial charge is 0.228 e. The van der Waals surface area contributed by atoms with Gasteiger partial charge >= 0.3 is 0 Å². The molecule has 2 nitrogen and oxygen atoms in total. The van der Waals surface area contributed by atoms with E-state index in [1.54, 1.807) is 11.3 Å². The molecule has 6 aromatic rings. The molecular formula is C36H27ClN2S. The van der Waals surface area contributed by atoms with Gasteiger partial charge in [-0.15, -0.1) is 11.3 Å². The van der Waals surface area contributed by atoms with Crippen molar-refractivity contribution in [2.45, 2.75) is 13.8 Å². The average molecular weight is 555 g/mol. The summed E-state index contributed by atoms with van der Waals surface area (Å²) in [7, 11) is 0. The predicted octanol–water partition coefficient (Wildman–Crippen LogP) is 11.0. The summed E-state index contributed by atoms with van der Waals surface area (Å²) in [6.45, 7) is 8.02. The van der Waals surface area contributed by atoms with Gasteiger partial charge < -0.3 is 0 Å². The van der Waals surface area contributed by atoms with E-state index < -0.39 is 0 Å². The maximum absolute atomic E-state index is 6.62. The summed E-state index contributed by atoms with van der Waals surface area (Å²) in [5.74, 6) is 0.617. The van der Waals surface area contributed by atoms with E-state index in [4.69, 9.17) is 16.6 Å². The van der Waals surface area contributed by atoms with Gasteiger partial charge in [0.25, 0.3) is 0 Å². The molecule has 0 aliphatic heterocycles. The fourth-order valence-electron chi connectivity index (χ4n) is 4.97. The van der Waals surface area contributed by atoms with Gasteiger partial charge in [-0.3, -0.25) is 0 Å². The van der Waals surface area contributed by atoms with E-state index in [9.17, 15) is 0 Å². The van der Waals surface area contributed by atoms with Crippen molar-refractivity contribution in [2.24, 2.45) is 0 Å². The fraction of sp³-hybridized carbons (Fsp3) is 0.0556. The number of benzene rings is 4. The molecule has 6 rings (SSSR count). The Hall–Kier alpha value is -4.31. The third-order valence-corrected chi connectivity index (χ3v) is 8.65. The normalized spacial score (nSPS) is 11.4. The van der Waals surface area contributed by atoms with Crippen molar-refractivity contribution in [2.75, 3.05) is 0 Å². The van der Waals surface area contributed by atoms with E-state index in [0.717, 1.165) is 33.5 Å². The molecule has 2 aromatic heterocycles. The molecule has 0 aliphatic rings. The molecule has 0 saturated heterocycles. The number of fused-ring (bicyclic) bond motifs is 1. The highest BCUT2D eigenvalue weighted by atomic mass is 35.5. The van der Waals surface area contributed by atoms with Gasteiger partial charge in [-0.05, 0) is 53.8 Å². The molecule has 4 heteroatoms. The number of nitrogens with zero attached hydrogens (tertiary/aromatic N) is 2. The lowest BCUT2D eigenvalue weighted by Crippen LogP contribution is -1.97. The van der Waals surface area contributed by atoms with Gasteiger partial charge in [-0.1, -0.05) is 121 Å². The zero-order valence-electron chi connectivity index (χ0n) is 22.4. The minimum atomic E-state index is 0.466. The first kappa shape index (κ1) is 25.9. The standard InChI is InChI=1S/C36H27ClN2S/c1-4-9-30-31-22-29(20-21-33(31)40-32(30)5-2)26-12-16-27(17-13-26)34-23(3)35(37)39-36(38-34)28-18-14-25(15-19-28)24-10-7-6-8-11-24/h4-22H,2H2,1,3H3/b9-4-. The van der Waals surface area contributed by atoms with Crippen LogP contribution in [0.1, 0.15) is 22.9 Å². The molecule has 0 radical (unpaired) electrons. The Morgan fingerprint density at radius 3 is 2.00 bits per heavy atom. The van der Waals surface area contributed by atoms with Crippen molar-refractivity contribution in [3.05, 3.63) is 131 Å². The Balaban J connectivity index is 1.33. The van der Waals surface area contributed by atoms with Crippen LogP contribution >= 0.6 is 22.9 Å². The molecule has 0 bridgehead atoms. The first-order valence-electron chi connectivity index (χ1n) is 13.2. The minimum Gasteiger partial charge on any atom is -0.228 e. The van der Waals surface area contributed by atoms with Crippen molar-refractivity contribution in [1.29, 1.82) is 0 Å². The van der Waals surface area contributed by atoms with Crippen molar-refractivity contribution in [1.82, 2.24) is 9.97 Å². The smallest absolute Gasteiger partial charge is 0.161 e. The summed E-state index contributed by atoms with van der Waals surface area (Å²) in [6.07, 6.45) is 6.18. The summed E-state index contributed by atoms with van der Waals surface area (Å²) in [5.41, 5.74) is 9.53. The topological polar surface area (TPSA) is 25.8 Å². The number of hydrogen-bond donors (Lipinski definition) is 0. The molecule has 0 fully saturated rings. The van der Waals surface area contributed by atoms with Gasteiger partial charge in [0.1, 0.15) is 5.15 Å². The van der Waals surface area contributed by atoms with Crippen LogP contribution in [0.4, 0.5) is 0 Å². The Morgan fingerprint density at radius 2 is 1.32 bits per heavy atom. The van der Waals surface area contributed by atoms with Crippen molar-refractivity contribution < 1.29 is 0 Å². The number of rotatable bonds is 6. The predicted molar refractivity (Wildman–Crippen MR) is 174 cm³/mol. The van der Waals surface area contributed by atoms with Crippen LogP contribution in [0.2, 0.25) is 5.15 Å². The maximum atomic E-state index is 6.62. The van der Waals surface area contributed by atoms with Gasteiger partial charge in [-0.25, -0.2) is 9.97 Å². The Morgan fingerprint density at radius 1 is 0.725 bits per heavy atom. The molecular weight excluding hydrogens is 528 g/mol. The maximum Gasteiger partial charge on any atom is 0.161 e. The molecule has 0 amide bonds. The quantitative estimate of drug-likeness (QED) is 0.191. The van der Waals surface area contributed by atoms with Crippen LogP contribution in [-0.4, -0.2) is 9.97 Å². The van der Waals surface area contributed by atoms with Crippen LogP contribution < -0.4 is 0 Å². The van der Waals surface area contributed by atoms with Crippen LogP contribution in [0.3, 0.4) is 0 Å². The summed E-state index contributed by atoms with van der Waals surface area (Å²) >= 11 is 8.39. The molecule has 0 spiro atoms. The lowest BCUT2D eigenvalue weighted by atomic mass is 9.99. The van der Waals surface area contributed by atoms with Crippen LogP contribution in [0.15, 0.2) is 110 Å².